The predicted octanol–water partition coefficient (Wildman–Crippen LogP) is -0.0228. The van der Waals surface area contributed by atoms with Gasteiger partial charge in [0.15, 0.2) is 0 Å². The van der Waals surface area contributed by atoms with Crippen LogP contribution in [0.25, 0.3) is 0 Å². The molecule has 0 aliphatic carbocycles. The average molecular weight is 252 g/mol. The summed E-state index contributed by atoms with van der Waals surface area (Å²) in [5, 5.41) is 3.11. The van der Waals surface area contributed by atoms with Gasteiger partial charge in [-0.2, -0.15) is 0 Å². The Morgan fingerprint density at radius 1 is 1.20 bits per heavy atom. The molecule has 0 atom stereocenters. The van der Waals surface area contributed by atoms with E-state index in [1.54, 1.807) is 0 Å². The van der Waals surface area contributed by atoms with Gasteiger partial charge in [0.25, 0.3) is 0 Å². The summed E-state index contributed by atoms with van der Waals surface area (Å²) in [5.41, 5.74) is 0. The van der Waals surface area contributed by atoms with Crippen molar-refractivity contribution in [3.05, 3.63) is 0 Å². The standard InChI is InChI=1S/C3H7N.Pt/c1-2-4-3-1;/h4H,1-3H2;. The monoisotopic (exact) mass is 252 g/mol. The van der Waals surface area contributed by atoms with E-state index in [9.17, 15) is 0 Å². The van der Waals surface area contributed by atoms with Crippen LogP contribution in [0.1, 0.15) is 6.42 Å². The first-order chi connectivity index (χ1) is 2.00. The number of hydrogen-bond donors (Lipinski definition) is 1. The molecule has 34 valence electrons. The minimum absolute atomic E-state index is 0. The smallest absolute Gasteiger partial charge is 0 e. The zero-order chi connectivity index (χ0) is 2.83. The van der Waals surface area contributed by atoms with Crippen LogP contribution in [0.5, 0.6) is 0 Å². The third kappa shape index (κ3) is 1.51. The normalized spacial score (nSPS) is 19.2. The molecular weight excluding hydrogens is 245 g/mol. The van der Waals surface area contributed by atoms with Gasteiger partial charge in [0.1, 0.15) is 0 Å². The Kier molecular flexibility index (Phi) is 3.23. The van der Waals surface area contributed by atoms with Crippen LogP contribution in [-0.4, -0.2) is 13.1 Å². The van der Waals surface area contributed by atoms with Gasteiger partial charge >= 0.3 is 0 Å². The minimum Gasteiger partial charge on any atom is -0.317 e. The van der Waals surface area contributed by atoms with Crippen LogP contribution in [-0.2, 0) is 21.1 Å². The molecule has 1 aliphatic rings. The van der Waals surface area contributed by atoms with Crippen LogP contribution < -0.4 is 5.32 Å². The van der Waals surface area contributed by atoms with E-state index in [-0.39, 0.29) is 21.1 Å². The predicted molar refractivity (Wildman–Crippen MR) is 17.5 cm³/mol. The second-order valence-corrected chi connectivity index (χ2v) is 1.10. The van der Waals surface area contributed by atoms with Gasteiger partial charge in [-0.1, -0.05) is 0 Å². The molecule has 0 aromatic carbocycles. The van der Waals surface area contributed by atoms with Gasteiger partial charge in [-0.25, -0.2) is 0 Å². The molecule has 0 amide bonds. The summed E-state index contributed by atoms with van der Waals surface area (Å²) in [6.45, 7) is 2.50. The summed E-state index contributed by atoms with van der Waals surface area (Å²) in [6, 6.07) is 0. The van der Waals surface area contributed by atoms with Crippen molar-refractivity contribution in [1.82, 2.24) is 5.32 Å². The molecule has 1 saturated heterocycles. The molecule has 1 nitrogen and oxygen atoms in total. The van der Waals surface area contributed by atoms with Crippen LogP contribution in [0.3, 0.4) is 0 Å². The molecule has 1 aliphatic heterocycles. The van der Waals surface area contributed by atoms with Crippen molar-refractivity contribution in [2.24, 2.45) is 0 Å². The van der Waals surface area contributed by atoms with Gasteiger partial charge in [0, 0.05) is 21.1 Å². The molecule has 0 bridgehead atoms. The first-order valence-electron chi connectivity index (χ1n) is 1.71. The Balaban J connectivity index is 0.000000160. The fourth-order valence-electron chi connectivity index (χ4n) is 0.177. The molecule has 0 radical (unpaired) electrons. The molecule has 0 saturated carbocycles. The van der Waals surface area contributed by atoms with Crippen LogP contribution >= 0.6 is 0 Å². The Morgan fingerprint density at radius 2 is 1.40 bits per heavy atom. The second kappa shape index (κ2) is 2.86. The molecule has 1 heterocycles. The largest absolute Gasteiger partial charge is 0.317 e. The summed E-state index contributed by atoms with van der Waals surface area (Å²) in [5.74, 6) is 0. The van der Waals surface area contributed by atoms with E-state index in [1.165, 1.54) is 19.5 Å². The van der Waals surface area contributed by atoms with Crippen molar-refractivity contribution in [3.63, 3.8) is 0 Å². The molecule has 0 aromatic rings. The van der Waals surface area contributed by atoms with Crippen LogP contribution in [0.2, 0.25) is 0 Å². The molecule has 1 N–H and O–H groups in total. The zero-order valence-corrected chi connectivity index (χ0v) is 5.21. The molecule has 1 fully saturated rings. The summed E-state index contributed by atoms with van der Waals surface area (Å²) < 4.78 is 0. The van der Waals surface area contributed by atoms with Crippen molar-refractivity contribution in [2.45, 2.75) is 6.42 Å². The summed E-state index contributed by atoms with van der Waals surface area (Å²) in [6.07, 6.45) is 1.39. The van der Waals surface area contributed by atoms with Crippen LogP contribution in [0.15, 0.2) is 0 Å². The SMILES string of the molecule is C1CNC1.[Pt]. The molecule has 5 heavy (non-hydrogen) atoms. The third-order valence-corrected chi connectivity index (χ3v) is 0.707. The number of hydrogen-bond acceptors (Lipinski definition) is 1. The van der Waals surface area contributed by atoms with E-state index < -0.39 is 0 Å². The average Bonchev–Trinajstić information content (AvgIpc) is 0.722. The molecule has 0 aromatic heterocycles. The van der Waals surface area contributed by atoms with E-state index >= 15 is 0 Å². The fourth-order valence-corrected chi connectivity index (χ4v) is 0.177. The molecule has 1 rings (SSSR count). The maximum atomic E-state index is 3.11. The van der Waals surface area contributed by atoms with Crippen LogP contribution in [0.4, 0.5) is 0 Å². The Morgan fingerprint density at radius 3 is 1.40 bits per heavy atom. The van der Waals surface area contributed by atoms with E-state index in [4.69, 9.17) is 0 Å². The van der Waals surface area contributed by atoms with E-state index in [0.29, 0.717) is 0 Å². The van der Waals surface area contributed by atoms with Crippen molar-refractivity contribution in [1.29, 1.82) is 0 Å². The van der Waals surface area contributed by atoms with Gasteiger partial charge in [0.05, 0.1) is 0 Å². The molecule has 0 spiro atoms. The quantitative estimate of drug-likeness (QED) is 0.639. The molecular formula is C3H7NPt. The van der Waals surface area contributed by atoms with Gasteiger partial charge in [0.2, 0.25) is 0 Å². The molecule has 2 heteroatoms. The first kappa shape index (κ1) is 5.65. The topological polar surface area (TPSA) is 12.0 Å². The third-order valence-electron chi connectivity index (χ3n) is 0.707. The van der Waals surface area contributed by atoms with Crippen LogP contribution in [0, 0.1) is 0 Å². The minimum atomic E-state index is 0. The van der Waals surface area contributed by atoms with Crippen molar-refractivity contribution in [2.75, 3.05) is 13.1 Å². The summed E-state index contributed by atoms with van der Waals surface area (Å²) in [7, 11) is 0. The second-order valence-electron chi connectivity index (χ2n) is 1.10. The Hall–Kier alpha value is 0.648. The Bertz CT molecular complexity index is 14.9. The summed E-state index contributed by atoms with van der Waals surface area (Å²) in [4.78, 5) is 0. The number of nitrogens with one attached hydrogen (secondary N) is 1. The van der Waals surface area contributed by atoms with Gasteiger partial charge in [-0.3, -0.25) is 0 Å². The van der Waals surface area contributed by atoms with E-state index in [2.05, 4.69) is 5.32 Å². The maximum Gasteiger partial charge on any atom is 0 e. The van der Waals surface area contributed by atoms with E-state index in [0.717, 1.165) is 0 Å². The van der Waals surface area contributed by atoms with Crippen molar-refractivity contribution < 1.29 is 21.1 Å². The van der Waals surface area contributed by atoms with E-state index in [1.807, 2.05) is 0 Å². The molecule has 0 unspecified atom stereocenters. The van der Waals surface area contributed by atoms with Gasteiger partial charge in [-0.05, 0) is 19.5 Å². The first-order valence-corrected chi connectivity index (χ1v) is 1.71. The van der Waals surface area contributed by atoms with Gasteiger partial charge in [-0.15, -0.1) is 0 Å². The maximum absolute atomic E-state index is 3.11. The Labute approximate surface area is 46.4 Å². The zero-order valence-electron chi connectivity index (χ0n) is 2.94. The van der Waals surface area contributed by atoms with Gasteiger partial charge < -0.3 is 5.32 Å². The summed E-state index contributed by atoms with van der Waals surface area (Å²) >= 11 is 0. The van der Waals surface area contributed by atoms with Crippen molar-refractivity contribution in [3.8, 4) is 0 Å². The van der Waals surface area contributed by atoms with Crippen molar-refractivity contribution >= 4 is 0 Å². The fraction of sp³-hybridized carbons (Fsp3) is 1.00. The number of rotatable bonds is 0.